The van der Waals surface area contributed by atoms with Crippen molar-refractivity contribution in [3.63, 3.8) is 0 Å². The first kappa shape index (κ1) is 14.1. The zero-order valence-corrected chi connectivity index (χ0v) is 12.7. The maximum atomic E-state index is 10.8. The molecule has 1 aromatic carbocycles. The highest BCUT2D eigenvalue weighted by Gasteiger charge is 2.14. The van der Waals surface area contributed by atoms with E-state index in [0.29, 0.717) is 26.5 Å². The maximum Gasteiger partial charge on any atom is 0.338 e. The molecule has 106 valence electrons. The molecule has 0 atom stereocenters. The summed E-state index contributed by atoms with van der Waals surface area (Å²) in [6.07, 6.45) is 1.19. The molecule has 0 radical (unpaired) electrons. The van der Waals surface area contributed by atoms with Gasteiger partial charge in [-0.15, -0.1) is 11.3 Å². The molecule has 2 heterocycles. The van der Waals surface area contributed by atoms with E-state index in [1.54, 1.807) is 23.6 Å². The number of hydrogen-bond donors (Lipinski definition) is 1. The number of furan rings is 1. The molecule has 4 nitrogen and oxygen atoms in total. The number of aromatic nitrogens is 1. The SMILES string of the molecule is O=C(O)c1coc(-c2csc(-c3ccc(Cl)cc3Cl)n2)c1. The van der Waals surface area contributed by atoms with Gasteiger partial charge < -0.3 is 9.52 Å². The van der Waals surface area contributed by atoms with E-state index < -0.39 is 5.97 Å². The maximum absolute atomic E-state index is 10.8. The molecule has 0 spiro atoms. The molecule has 3 rings (SSSR count). The third-order valence-electron chi connectivity index (χ3n) is 2.76. The smallest absolute Gasteiger partial charge is 0.338 e. The summed E-state index contributed by atoms with van der Waals surface area (Å²) in [6, 6.07) is 6.61. The van der Waals surface area contributed by atoms with Crippen LogP contribution in [-0.2, 0) is 0 Å². The fourth-order valence-electron chi connectivity index (χ4n) is 1.76. The molecule has 0 saturated heterocycles. The summed E-state index contributed by atoms with van der Waals surface area (Å²) >= 11 is 13.4. The summed E-state index contributed by atoms with van der Waals surface area (Å²) in [5.74, 6) is -0.638. The van der Waals surface area contributed by atoms with Gasteiger partial charge in [-0.25, -0.2) is 9.78 Å². The number of aromatic carboxylic acids is 1. The summed E-state index contributed by atoms with van der Waals surface area (Å²) < 4.78 is 5.22. The monoisotopic (exact) mass is 339 g/mol. The molecular formula is C14H7Cl2NO3S. The lowest BCUT2D eigenvalue weighted by atomic mass is 10.2. The van der Waals surface area contributed by atoms with Crippen molar-refractivity contribution in [2.24, 2.45) is 0 Å². The second-order valence-corrected chi connectivity index (χ2v) is 5.87. The Kier molecular flexibility index (Phi) is 3.71. The first-order chi connectivity index (χ1) is 10.0. The topological polar surface area (TPSA) is 63.3 Å². The van der Waals surface area contributed by atoms with E-state index in [-0.39, 0.29) is 5.56 Å². The van der Waals surface area contributed by atoms with E-state index in [2.05, 4.69) is 4.98 Å². The van der Waals surface area contributed by atoms with Gasteiger partial charge in [-0.2, -0.15) is 0 Å². The predicted octanol–water partition coefficient (Wildman–Crippen LogP) is 5.08. The number of nitrogens with zero attached hydrogens (tertiary/aromatic N) is 1. The number of rotatable bonds is 3. The van der Waals surface area contributed by atoms with Crippen LogP contribution in [0.25, 0.3) is 22.0 Å². The molecule has 1 N–H and O–H groups in total. The van der Waals surface area contributed by atoms with Gasteiger partial charge in [0.05, 0.1) is 10.6 Å². The van der Waals surface area contributed by atoms with E-state index in [1.165, 1.54) is 23.7 Å². The Morgan fingerprint density at radius 3 is 2.76 bits per heavy atom. The summed E-state index contributed by atoms with van der Waals surface area (Å²) in [5, 5.41) is 12.4. The van der Waals surface area contributed by atoms with Crippen LogP contribution in [0.3, 0.4) is 0 Å². The van der Waals surface area contributed by atoms with E-state index in [4.69, 9.17) is 32.7 Å². The third-order valence-corrected chi connectivity index (χ3v) is 4.19. The van der Waals surface area contributed by atoms with Crippen LogP contribution in [0.5, 0.6) is 0 Å². The Bertz CT molecular complexity index is 825. The fraction of sp³-hybridized carbons (Fsp3) is 0. The van der Waals surface area contributed by atoms with Crippen molar-refractivity contribution in [2.45, 2.75) is 0 Å². The number of thiazole rings is 1. The Morgan fingerprint density at radius 2 is 2.10 bits per heavy atom. The van der Waals surface area contributed by atoms with Crippen molar-refractivity contribution >= 4 is 40.5 Å². The molecule has 0 bridgehead atoms. The van der Waals surface area contributed by atoms with Crippen molar-refractivity contribution < 1.29 is 14.3 Å². The van der Waals surface area contributed by atoms with Crippen LogP contribution >= 0.6 is 34.5 Å². The van der Waals surface area contributed by atoms with Gasteiger partial charge in [0.1, 0.15) is 17.0 Å². The molecule has 2 aromatic heterocycles. The summed E-state index contributed by atoms with van der Waals surface area (Å²) in [4.78, 5) is 15.3. The molecule has 3 aromatic rings. The molecule has 21 heavy (non-hydrogen) atoms. The highest BCUT2D eigenvalue weighted by molar-refractivity contribution is 7.13. The lowest BCUT2D eigenvalue weighted by molar-refractivity contribution is 0.0696. The van der Waals surface area contributed by atoms with Gasteiger partial charge in [0, 0.05) is 22.0 Å². The van der Waals surface area contributed by atoms with Crippen LogP contribution in [0.1, 0.15) is 10.4 Å². The first-order valence-electron chi connectivity index (χ1n) is 5.78. The van der Waals surface area contributed by atoms with E-state index >= 15 is 0 Å². The van der Waals surface area contributed by atoms with Crippen molar-refractivity contribution in [3.8, 4) is 22.0 Å². The Labute approximate surface area is 133 Å². The zero-order valence-electron chi connectivity index (χ0n) is 10.3. The number of hydrogen-bond acceptors (Lipinski definition) is 4. The molecule has 0 aliphatic heterocycles. The standard InChI is InChI=1S/C14H7Cl2NO3S/c15-8-1-2-9(10(16)4-8)13-17-11(6-21-13)12-3-7(5-20-12)14(18)19/h1-6H,(H,18,19). The molecule has 0 amide bonds. The Morgan fingerprint density at radius 1 is 1.29 bits per heavy atom. The molecule has 0 fully saturated rings. The van der Waals surface area contributed by atoms with Gasteiger partial charge >= 0.3 is 5.97 Å². The van der Waals surface area contributed by atoms with Crippen molar-refractivity contribution in [3.05, 3.63) is 51.5 Å². The van der Waals surface area contributed by atoms with Crippen molar-refractivity contribution in [2.75, 3.05) is 0 Å². The summed E-state index contributed by atoms with van der Waals surface area (Å²) in [6.45, 7) is 0. The van der Waals surface area contributed by atoms with Crippen molar-refractivity contribution in [1.82, 2.24) is 4.98 Å². The zero-order chi connectivity index (χ0) is 15.0. The van der Waals surface area contributed by atoms with Crippen LogP contribution in [0.4, 0.5) is 0 Å². The van der Waals surface area contributed by atoms with Gasteiger partial charge in [0.25, 0.3) is 0 Å². The Balaban J connectivity index is 1.97. The number of carboxylic acid groups (broad SMARTS) is 1. The lowest BCUT2D eigenvalue weighted by Gasteiger charge is -2.00. The van der Waals surface area contributed by atoms with Crippen LogP contribution < -0.4 is 0 Å². The van der Waals surface area contributed by atoms with Crippen LogP contribution in [0, 0.1) is 0 Å². The van der Waals surface area contributed by atoms with Gasteiger partial charge in [0.15, 0.2) is 5.76 Å². The van der Waals surface area contributed by atoms with E-state index in [0.717, 1.165) is 5.56 Å². The molecular weight excluding hydrogens is 333 g/mol. The second-order valence-electron chi connectivity index (χ2n) is 4.17. The molecule has 0 aliphatic rings. The number of benzene rings is 1. The highest BCUT2D eigenvalue weighted by atomic mass is 35.5. The van der Waals surface area contributed by atoms with E-state index in [9.17, 15) is 4.79 Å². The lowest BCUT2D eigenvalue weighted by Crippen LogP contribution is -1.91. The van der Waals surface area contributed by atoms with Gasteiger partial charge in [-0.1, -0.05) is 23.2 Å². The van der Waals surface area contributed by atoms with Crippen molar-refractivity contribution in [1.29, 1.82) is 0 Å². The largest absolute Gasteiger partial charge is 0.478 e. The first-order valence-corrected chi connectivity index (χ1v) is 7.41. The van der Waals surface area contributed by atoms with Crippen LogP contribution in [0.15, 0.2) is 40.3 Å². The second kappa shape index (κ2) is 5.52. The minimum atomic E-state index is -1.04. The molecule has 7 heteroatoms. The van der Waals surface area contributed by atoms with E-state index in [1.807, 2.05) is 0 Å². The normalized spacial score (nSPS) is 10.8. The Hall–Kier alpha value is -1.82. The quantitative estimate of drug-likeness (QED) is 0.723. The summed E-state index contributed by atoms with van der Waals surface area (Å²) in [7, 11) is 0. The number of halogens is 2. The highest BCUT2D eigenvalue weighted by Crippen LogP contribution is 2.34. The molecule has 0 saturated carbocycles. The average molecular weight is 340 g/mol. The van der Waals surface area contributed by atoms with Gasteiger partial charge in [-0.05, 0) is 18.2 Å². The minimum Gasteiger partial charge on any atom is -0.478 e. The average Bonchev–Trinajstić information content (AvgIpc) is 3.07. The predicted molar refractivity (Wildman–Crippen MR) is 82.2 cm³/mol. The molecule has 0 unspecified atom stereocenters. The summed E-state index contributed by atoms with van der Waals surface area (Å²) in [5.41, 5.74) is 1.42. The van der Waals surface area contributed by atoms with Gasteiger partial charge in [-0.3, -0.25) is 0 Å². The van der Waals surface area contributed by atoms with Crippen LogP contribution in [0.2, 0.25) is 10.0 Å². The van der Waals surface area contributed by atoms with Gasteiger partial charge in [0.2, 0.25) is 0 Å². The number of carboxylic acids is 1. The minimum absolute atomic E-state index is 0.0871. The fourth-order valence-corrected chi connectivity index (χ4v) is 3.16. The van der Waals surface area contributed by atoms with Crippen LogP contribution in [-0.4, -0.2) is 16.1 Å². The number of carbonyl (C=O) groups is 1. The third kappa shape index (κ3) is 2.81. The molecule has 0 aliphatic carbocycles.